The van der Waals surface area contributed by atoms with Crippen LogP contribution in [0.15, 0.2) is 28.7 Å². The average molecular weight is 440 g/mol. The Hall–Kier alpha value is -1.37. The van der Waals surface area contributed by atoms with Crippen molar-refractivity contribution >= 4 is 33.4 Å². The van der Waals surface area contributed by atoms with Crippen molar-refractivity contribution in [3.8, 4) is 0 Å². The molecule has 26 heavy (non-hydrogen) atoms. The van der Waals surface area contributed by atoms with E-state index < -0.39 is 0 Å². The molecule has 2 aromatic rings. The van der Waals surface area contributed by atoms with Crippen molar-refractivity contribution in [2.75, 3.05) is 26.2 Å². The van der Waals surface area contributed by atoms with Crippen LogP contribution in [0.25, 0.3) is 0 Å². The maximum Gasteiger partial charge on any atom is 0.224 e. The van der Waals surface area contributed by atoms with Crippen molar-refractivity contribution in [3.05, 3.63) is 50.7 Å². The van der Waals surface area contributed by atoms with Crippen LogP contribution in [0.2, 0.25) is 5.02 Å². The van der Waals surface area contributed by atoms with E-state index in [1.165, 1.54) is 5.56 Å². The molecule has 1 saturated heterocycles. The summed E-state index contributed by atoms with van der Waals surface area (Å²) in [6.45, 7) is 8.67. The zero-order valence-corrected chi connectivity index (χ0v) is 17.6. The molecule has 0 atom stereocenters. The largest absolute Gasteiger partial charge is 0.340 e. The van der Waals surface area contributed by atoms with Gasteiger partial charge < -0.3 is 4.90 Å². The van der Waals surface area contributed by atoms with Gasteiger partial charge in [0, 0.05) is 43.6 Å². The first-order valence-corrected chi connectivity index (χ1v) is 10.1. The standard InChI is InChI=1S/C19H24BrClN4O/c1-14-19(21)15(2)25(22-14)8-7-18(26)24-11-9-23(10-12-24)13-16-5-3-4-6-17(16)20/h3-6H,7-13H2,1-2H3. The van der Waals surface area contributed by atoms with E-state index in [2.05, 4.69) is 44.1 Å². The Morgan fingerprint density at radius 1 is 1.19 bits per heavy atom. The van der Waals surface area contributed by atoms with Crippen molar-refractivity contribution in [2.24, 2.45) is 0 Å². The third kappa shape index (κ3) is 4.48. The smallest absolute Gasteiger partial charge is 0.224 e. The van der Waals surface area contributed by atoms with Crippen molar-refractivity contribution in [3.63, 3.8) is 0 Å². The number of piperazine rings is 1. The molecular weight excluding hydrogens is 416 g/mol. The molecule has 0 radical (unpaired) electrons. The number of benzene rings is 1. The molecule has 140 valence electrons. The van der Waals surface area contributed by atoms with Gasteiger partial charge in [0.25, 0.3) is 0 Å². The molecule has 1 amide bonds. The summed E-state index contributed by atoms with van der Waals surface area (Å²) in [4.78, 5) is 16.9. The monoisotopic (exact) mass is 438 g/mol. The van der Waals surface area contributed by atoms with E-state index in [0.717, 1.165) is 48.6 Å². The summed E-state index contributed by atoms with van der Waals surface area (Å²) in [7, 11) is 0. The molecule has 1 aliphatic rings. The van der Waals surface area contributed by atoms with Gasteiger partial charge in [-0.25, -0.2) is 0 Å². The zero-order valence-electron chi connectivity index (χ0n) is 15.2. The summed E-state index contributed by atoms with van der Waals surface area (Å²) in [6, 6.07) is 8.30. The second kappa shape index (κ2) is 8.55. The van der Waals surface area contributed by atoms with Crippen LogP contribution in [0.3, 0.4) is 0 Å². The third-order valence-electron chi connectivity index (χ3n) is 4.91. The summed E-state index contributed by atoms with van der Waals surface area (Å²) in [5, 5.41) is 5.09. The van der Waals surface area contributed by atoms with Gasteiger partial charge in [0.05, 0.1) is 23.0 Å². The number of aromatic nitrogens is 2. The maximum atomic E-state index is 12.5. The van der Waals surface area contributed by atoms with E-state index in [9.17, 15) is 4.79 Å². The second-order valence-corrected chi connectivity index (χ2v) is 7.94. The Bertz CT molecular complexity index is 784. The number of hydrogen-bond donors (Lipinski definition) is 0. The van der Waals surface area contributed by atoms with Crippen molar-refractivity contribution < 1.29 is 4.79 Å². The molecule has 1 aromatic carbocycles. The molecule has 0 bridgehead atoms. The summed E-state index contributed by atoms with van der Waals surface area (Å²) in [5.74, 6) is 0.189. The fourth-order valence-electron chi connectivity index (χ4n) is 3.28. The number of nitrogens with zero attached hydrogens (tertiary/aromatic N) is 4. The van der Waals surface area contributed by atoms with Crippen molar-refractivity contribution in [1.82, 2.24) is 19.6 Å². The van der Waals surface area contributed by atoms with Gasteiger partial charge in [0.15, 0.2) is 0 Å². The van der Waals surface area contributed by atoms with Gasteiger partial charge in [0.2, 0.25) is 5.91 Å². The number of halogens is 2. The van der Waals surface area contributed by atoms with E-state index in [4.69, 9.17) is 11.6 Å². The molecule has 5 nitrogen and oxygen atoms in total. The van der Waals surface area contributed by atoms with Gasteiger partial charge in [-0.3, -0.25) is 14.4 Å². The van der Waals surface area contributed by atoms with Crippen LogP contribution in [0.5, 0.6) is 0 Å². The highest BCUT2D eigenvalue weighted by molar-refractivity contribution is 9.10. The number of amides is 1. The number of carbonyl (C=O) groups is 1. The molecule has 1 aliphatic heterocycles. The maximum absolute atomic E-state index is 12.5. The van der Waals surface area contributed by atoms with E-state index in [0.29, 0.717) is 18.0 Å². The normalized spacial score (nSPS) is 15.5. The highest BCUT2D eigenvalue weighted by Gasteiger charge is 2.21. The molecule has 0 saturated carbocycles. The number of aryl methyl sites for hydroxylation is 2. The molecule has 1 aromatic heterocycles. The van der Waals surface area contributed by atoms with E-state index in [1.807, 2.05) is 29.5 Å². The average Bonchev–Trinajstić information content (AvgIpc) is 2.89. The van der Waals surface area contributed by atoms with Gasteiger partial charge in [-0.1, -0.05) is 45.7 Å². The fraction of sp³-hybridized carbons (Fsp3) is 0.474. The summed E-state index contributed by atoms with van der Waals surface area (Å²) >= 11 is 9.77. The third-order valence-corrected chi connectivity index (χ3v) is 6.23. The predicted octanol–water partition coefficient (Wildman–Crippen LogP) is 3.65. The quantitative estimate of drug-likeness (QED) is 0.714. The van der Waals surface area contributed by atoms with E-state index in [1.54, 1.807) is 0 Å². The molecule has 0 spiro atoms. The van der Waals surface area contributed by atoms with Gasteiger partial charge in [-0.2, -0.15) is 5.10 Å². The predicted molar refractivity (Wildman–Crippen MR) is 107 cm³/mol. The lowest BCUT2D eigenvalue weighted by molar-refractivity contribution is -0.133. The van der Waals surface area contributed by atoms with E-state index in [-0.39, 0.29) is 5.91 Å². The lowest BCUT2D eigenvalue weighted by Gasteiger charge is -2.35. The minimum absolute atomic E-state index is 0.189. The van der Waals surface area contributed by atoms with Gasteiger partial charge in [-0.05, 0) is 25.5 Å². The summed E-state index contributed by atoms with van der Waals surface area (Å²) < 4.78 is 2.97. The molecule has 0 unspecified atom stereocenters. The topological polar surface area (TPSA) is 41.4 Å². The Morgan fingerprint density at radius 2 is 1.88 bits per heavy atom. The molecule has 2 heterocycles. The van der Waals surface area contributed by atoms with Crippen LogP contribution in [0, 0.1) is 13.8 Å². The first-order chi connectivity index (χ1) is 12.5. The van der Waals surface area contributed by atoms with Crippen LogP contribution in [0.1, 0.15) is 23.4 Å². The van der Waals surface area contributed by atoms with Crippen LogP contribution >= 0.6 is 27.5 Å². The Kier molecular flexibility index (Phi) is 6.37. The number of hydrogen-bond acceptors (Lipinski definition) is 3. The van der Waals surface area contributed by atoms with Gasteiger partial charge in [0.1, 0.15) is 0 Å². The van der Waals surface area contributed by atoms with Crippen molar-refractivity contribution in [2.45, 2.75) is 33.4 Å². The summed E-state index contributed by atoms with van der Waals surface area (Å²) in [5.41, 5.74) is 3.03. The number of carbonyl (C=O) groups excluding carboxylic acids is 1. The SMILES string of the molecule is Cc1nn(CCC(=O)N2CCN(Cc3ccccc3Br)CC2)c(C)c1Cl. The Morgan fingerprint density at radius 3 is 2.50 bits per heavy atom. The lowest BCUT2D eigenvalue weighted by atomic mass is 10.2. The lowest BCUT2D eigenvalue weighted by Crippen LogP contribution is -2.48. The fourth-order valence-corrected chi connectivity index (χ4v) is 3.82. The molecular formula is C19H24BrClN4O. The van der Waals surface area contributed by atoms with Crippen molar-refractivity contribution in [1.29, 1.82) is 0 Å². The van der Waals surface area contributed by atoms with E-state index >= 15 is 0 Å². The Balaban J connectivity index is 1.47. The molecule has 3 rings (SSSR count). The molecule has 1 fully saturated rings. The van der Waals surface area contributed by atoms with Gasteiger partial charge >= 0.3 is 0 Å². The van der Waals surface area contributed by atoms with Crippen LogP contribution < -0.4 is 0 Å². The minimum atomic E-state index is 0.189. The second-order valence-electron chi connectivity index (χ2n) is 6.71. The first kappa shape index (κ1) is 19.4. The first-order valence-electron chi connectivity index (χ1n) is 8.88. The Labute approximate surface area is 168 Å². The molecule has 0 N–H and O–H groups in total. The summed E-state index contributed by atoms with van der Waals surface area (Å²) in [6.07, 6.45) is 0.461. The zero-order chi connectivity index (χ0) is 18.7. The van der Waals surface area contributed by atoms with Crippen LogP contribution in [-0.2, 0) is 17.9 Å². The highest BCUT2D eigenvalue weighted by Crippen LogP contribution is 2.20. The van der Waals surface area contributed by atoms with Gasteiger partial charge in [-0.15, -0.1) is 0 Å². The molecule has 0 aliphatic carbocycles. The number of rotatable bonds is 5. The van der Waals surface area contributed by atoms with Crippen LogP contribution in [0.4, 0.5) is 0 Å². The minimum Gasteiger partial charge on any atom is -0.340 e. The van der Waals surface area contributed by atoms with Crippen LogP contribution in [-0.4, -0.2) is 51.7 Å². The highest BCUT2D eigenvalue weighted by atomic mass is 79.9. The molecule has 7 heteroatoms.